The molecule has 2 aromatic rings. The van der Waals surface area contributed by atoms with Crippen LogP contribution in [0.5, 0.6) is 0 Å². The molecule has 0 bridgehead atoms. The molecule has 84 valence electrons. The molecule has 2 rings (SSSR count). The van der Waals surface area contributed by atoms with Crippen molar-refractivity contribution < 1.29 is 0 Å². The molecule has 0 saturated carbocycles. The Labute approximate surface area is 99.6 Å². The van der Waals surface area contributed by atoms with Gasteiger partial charge in [-0.15, -0.1) is 11.3 Å². The lowest BCUT2D eigenvalue weighted by Crippen LogP contribution is -2.19. The van der Waals surface area contributed by atoms with Crippen LogP contribution in [-0.4, -0.2) is 17.0 Å². The number of likely N-dealkylation sites (N-methyl/N-ethyl adjacent to an activating group) is 1. The lowest BCUT2D eigenvalue weighted by Gasteiger charge is -2.17. The standard InChI is InChI=1S/C12H15N3S/c1-9-11(4-3-5-15-9)12(13-2)6-10-7-14-8-16-10/h3-5,7-8,12-13H,6H2,1-2H3. The van der Waals surface area contributed by atoms with Gasteiger partial charge in [-0.3, -0.25) is 9.97 Å². The quantitative estimate of drug-likeness (QED) is 0.881. The summed E-state index contributed by atoms with van der Waals surface area (Å²) < 4.78 is 0. The molecule has 0 aliphatic rings. The molecule has 4 heteroatoms. The van der Waals surface area contributed by atoms with Gasteiger partial charge in [0.15, 0.2) is 0 Å². The number of rotatable bonds is 4. The predicted octanol–water partition coefficient (Wildman–Crippen LogP) is 2.35. The van der Waals surface area contributed by atoms with E-state index in [1.54, 1.807) is 11.3 Å². The van der Waals surface area contributed by atoms with E-state index in [0.717, 1.165) is 12.1 Å². The van der Waals surface area contributed by atoms with Crippen LogP contribution in [0.2, 0.25) is 0 Å². The van der Waals surface area contributed by atoms with Crippen molar-refractivity contribution in [2.75, 3.05) is 7.05 Å². The molecular formula is C12H15N3S. The van der Waals surface area contributed by atoms with Crippen molar-refractivity contribution in [3.05, 3.63) is 46.2 Å². The summed E-state index contributed by atoms with van der Waals surface area (Å²) in [5.41, 5.74) is 4.22. The first-order valence-electron chi connectivity index (χ1n) is 5.27. The van der Waals surface area contributed by atoms with Crippen LogP contribution in [0.4, 0.5) is 0 Å². The molecular weight excluding hydrogens is 218 g/mol. The van der Waals surface area contributed by atoms with Gasteiger partial charge in [0.1, 0.15) is 0 Å². The van der Waals surface area contributed by atoms with E-state index in [9.17, 15) is 0 Å². The van der Waals surface area contributed by atoms with E-state index in [2.05, 4.69) is 21.4 Å². The molecule has 0 radical (unpaired) electrons. The van der Waals surface area contributed by atoms with Crippen molar-refractivity contribution in [2.24, 2.45) is 0 Å². The van der Waals surface area contributed by atoms with Crippen LogP contribution in [0.15, 0.2) is 30.0 Å². The molecule has 0 amide bonds. The topological polar surface area (TPSA) is 37.8 Å². The summed E-state index contributed by atoms with van der Waals surface area (Å²) in [6, 6.07) is 4.43. The van der Waals surface area contributed by atoms with E-state index in [1.165, 1.54) is 10.4 Å². The molecule has 0 aliphatic heterocycles. The molecule has 0 aliphatic carbocycles. The summed E-state index contributed by atoms with van der Waals surface area (Å²) in [6.45, 7) is 2.05. The number of nitrogens with zero attached hydrogens (tertiary/aromatic N) is 2. The van der Waals surface area contributed by atoms with Crippen LogP contribution < -0.4 is 5.32 Å². The molecule has 0 aromatic carbocycles. The second kappa shape index (κ2) is 5.18. The van der Waals surface area contributed by atoms with Gasteiger partial charge in [0.2, 0.25) is 0 Å². The number of thiazole rings is 1. The zero-order chi connectivity index (χ0) is 11.4. The molecule has 1 unspecified atom stereocenters. The third kappa shape index (κ3) is 2.46. The highest BCUT2D eigenvalue weighted by molar-refractivity contribution is 7.09. The number of nitrogens with one attached hydrogen (secondary N) is 1. The summed E-state index contributed by atoms with van der Waals surface area (Å²) in [4.78, 5) is 9.72. The highest BCUT2D eigenvalue weighted by atomic mass is 32.1. The van der Waals surface area contributed by atoms with Gasteiger partial charge < -0.3 is 5.32 Å². The molecule has 1 atom stereocenters. The van der Waals surface area contributed by atoms with Gasteiger partial charge in [-0.05, 0) is 25.6 Å². The van der Waals surface area contributed by atoms with E-state index in [-0.39, 0.29) is 0 Å². The fourth-order valence-corrected chi connectivity index (χ4v) is 2.42. The monoisotopic (exact) mass is 233 g/mol. The van der Waals surface area contributed by atoms with Gasteiger partial charge in [0, 0.05) is 35.4 Å². The maximum Gasteiger partial charge on any atom is 0.0794 e. The Hall–Kier alpha value is -1.26. The smallest absolute Gasteiger partial charge is 0.0794 e. The normalized spacial score (nSPS) is 12.6. The Morgan fingerprint density at radius 3 is 3.00 bits per heavy atom. The number of aromatic nitrogens is 2. The van der Waals surface area contributed by atoms with Crippen LogP contribution in [0.25, 0.3) is 0 Å². The van der Waals surface area contributed by atoms with Gasteiger partial charge in [-0.1, -0.05) is 6.07 Å². The van der Waals surface area contributed by atoms with Crippen LogP contribution in [-0.2, 0) is 6.42 Å². The van der Waals surface area contributed by atoms with Crippen molar-refractivity contribution in [3.63, 3.8) is 0 Å². The number of hydrogen-bond donors (Lipinski definition) is 1. The zero-order valence-corrected chi connectivity index (χ0v) is 10.3. The second-order valence-corrected chi connectivity index (χ2v) is 4.66. The van der Waals surface area contributed by atoms with E-state index in [1.807, 2.05) is 37.9 Å². The number of aryl methyl sites for hydroxylation is 1. The Morgan fingerprint density at radius 1 is 1.50 bits per heavy atom. The van der Waals surface area contributed by atoms with Gasteiger partial charge >= 0.3 is 0 Å². The number of pyridine rings is 1. The van der Waals surface area contributed by atoms with E-state index >= 15 is 0 Å². The lowest BCUT2D eigenvalue weighted by molar-refractivity contribution is 0.590. The lowest BCUT2D eigenvalue weighted by atomic mass is 10.0. The molecule has 2 aromatic heterocycles. The third-order valence-electron chi connectivity index (χ3n) is 2.66. The molecule has 2 heterocycles. The molecule has 0 fully saturated rings. The minimum atomic E-state index is 0.314. The first kappa shape index (κ1) is 11.2. The summed E-state index contributed by atoms with van der Waals surface area (Å²) in [7, 11) is 1.98. The Kier molecular flexibility index (Phi) is 3.64. The fourth-order valence-electron chi connectivity index (χ4n) is 1.78. The van der Waals surface area contributed by atoms with Crippen molar-refractivity contribution in [1.82, 2.24) is 15.3 Å². The van der Waals surface area contributed by atoms with E-state index in [0.29, 0.717) is 6.04 Å². The maximum absolute atomic E-state index is 4.33. The summed E-state index contributed by atoms with van der Waals surface area (Å²) in [5.74, 6) is 0. The van der Waals surface area contributed by atoms with Crippen molar-refractivity contribution in [3.8, 4) is 0 Å². The largest absolute Gasteiger partial charge is 0.313 e. The Bertz CT molecular complexity index is 439. The van der Waals surface area contributed by atoms with Gasteiger partial charge in [-0.25, -0.2) is 0 Å². The van der Waals surface area contributed by atoms with Crippen LogP contribution >= 0.6 is 11.3 Å². The minimum Gasteiger partial charge on any atom is -0.313 e. The van der Waals surface area contributed by atoms with E-state index < -0.39 is 0 Å². The first-order valence-corrected chi connectivity index (χ1v) is 6.15. The van der Waals surface area contributed by atoms with Crippen molar-refractivity contribution >= 4 is 11.3 Å². The Morgan fingerprint density at radius 2 is 2.38 bits per heavy atom. The second-order valence-electron chi connectivity index (χ2n) is 3.69. The molecule has 1 N–H and O–H groups in total. The van der Waals surface area contributed by atoms with Gasteiger partial charge in [-0.2, -0.15) is 0 Å². The molecule has 3 nitrogen and oxygen atoms in total. The molecule has 16 heavy (non-hydrogen) atoms. The average Bonchev–Trinajstić information content (AvgIpc) is 2.80. The molecule has 0 spiro atoms. The van der Waals surface area contributed by atoms with E-state index in [4.69, 9.17) is 0 Å². The Balaban J connectivity index is 2.20. The minimum absolute atomic E-state index is 0.314. The number of hydrogen-bond acceptors (Lipinski definition) is 4. The van der Waals surface area contributed by atoms with Crippen LogP contribution in [0, 0.1) is 6.92 Å². The third-order valence-corrected chi connectivity index (χ3v) is 3.46. The molecule has 0 saturated heterocycles. The predicted molar refractivity (Wildman–Crippen MR) is 66.6 cm³/mol. The van der Waals surface area contributed by atoms with Crippen molar-refractivity contribution in [1.29, 1.82) is 0 Å². The zero-order valence-electron chi connectivity index (χ0n) is 9.47. The first-order chi connectivity index (χ1) is 7.81. The summed E-state index contributed by atoms with van der Waals surface area (Å²) >= 11 is 1.70. The van der Waals surface area contributed by atoms with Gasteiger partial charge in [0.25, 0.3) is 0 Å². The average molecular weight is 233 g/mol. The SMILES string of the molecule is CNC(Cc1cncs1)c1cccnc1C. The van der Waals surface area contributed by atoms with Crippen molar-refractivity contribution in [2.45, 2.75) is 19.4 Å². The fraction of sp³-hybridized carbons (Fsp3) is 0.333. The van der Waals surface area contributed by atoms with Crippen LogP contribution in [0.1, 0.15) is 22.2 Å². The highest BCUT2D eigenvalue weighted by Gasteiger charge is 2.13. The summed E-state index contributed by atoms with van der Waals surface area (Å²) in [5, 5.41) is 3.34. The summed E-state index contributed by atoms with van der Waals surface area (Å²) in [6.07, 6.45) is 4.73. The van der Waals surface area contributed by atoms with Gasteiger partial charge in [0.05, 0.1) is 5.51 Å². The van der Waals surface area contributed by atoms with Crippen LogP contribution in [0.3, 0.4) is 0 Å². The maximum atomic E-state index is 4.33. The highest BCUT2D eigenvalue weighted by Crippen LogP contribution is 2.21.